The van der Waals surface area contributed by atoms with Gasteiger partial charge in [-0.05, 0) is 48.8 Å². The van der Waals surface area contributed by atoms with Crippen LogP contribution in [0.15, 0.2) is 27.2 Å². The van der Waals surface area contributed by atoms with Crippen LogP contribution in [-0.2, 0) is 11.4 Å². The van der Waals surface area contributed by atoms with Gasteiger partial charge in [0.05, 0.1) is 5.69 Å². The van der Waals surface area contributed by atoms with Gasteiger partial charge in [-0.2, -0.15) is 0 Å². The number of pyridine rings is 1. The van der Waals surface area contributed by atoms with Crippen LogP contribution < -0.4 is 0 Å². The van der Waals surface area contributed by atoms with Crippen LogP contribution in [0.1, 0.15) is 26.5 Å². The number of hydrogen-bond donors (Lipinski definition) is 0. The molecule has 3 nitrogen and oxygen atoms in total. The van der Waals surface area contributed by atoms with Crippen molar-refractivity contribution in [1.29, 1.82) is 0 Å². The van der Waals surface area contributed by atoms with Crippen molar-refractivity contribution in [3.05, 3.63) is 28.5 Å². The van der Waals surface area contributed by atoms with E-state index in [-0.39, 0.29) is 4.75 Å². The van der Waals surface area contributed by atoms with Crippen LogP contribution in [0.25, 0.3) is 0 Å². The molecule has 1 rings (SSSR count). The van der Waals surface area contributed by atoms with Gasteiger partial charge in [0.15, 0.2) is 0 Å². The Hall–Kier alpha value is -0.390. The summed E-state index contributed by atoms with van der Waals surface area (Å²) in [5, 5.41) is 0. The fraction of sp³-hybridized carbons (Fsp3) is 0.400. The third-order valence-corrected chi connectivity index (χ3v) is 3.60. The average molecular weight is 289 g/mol. The molecule has 1 heterocycles. The Morgan fingerprint density at radius 1 is 1.53 bits per heavy atom. The van der Waals surface area contributed by atoms with E-state index in [1.165, 1.54) is 6.21 Å². The van der Waals surface area contributed by atoms with E-state index in [1.807, 2.05) is 32.9 Å². The number of hydrogen-bond acceptors (Lipinski definition) is 3. The lowest BCUT2D eigenvalue weighted by Crippen LogP contribution is -2.25. The monoisotopic (exact) mass is 288 g/mol. The van der Waals surface area contributed by atoms with Crippen molar-refractivity contribution in [2.24, 2.45) is 4.40 Å². The fourth-order valence-corrected chi connectivity index (χ4v) is 1.62. The van der Waals surface area contributed by atoms with Crippen LogP contribution in [0.5, 0.6) is 0 Å². The molecule has 0 amide bonds. The van der Waals surface area contributed by atoms with Crippen molar-refractivity contribution in [3.63, 3.8) is 0 Å². The third kappa shape index (κ3) is 3.93. The van der Waals surface area contributed by atoms with E-state index in [0.29, 0.717) is 5.69 Å². The lowest BCUT2D eigenvalue weighted by Gasteiger charge is -2.17. The van der Waals surface area contributed by atoms with Gasteiger partial charge >= 0.3 is 0 Å². The predicted molar refractivity (Wildman–Crippen MR) is 67.4 cm³/mol. The van der Waals surface area contributed by atoms with Gasteiger partial charge in [0.1, 0.15) is 22.3 Å². The minimum Gasteiger partial charge on any atom is -0.591 e. The van der Waals surface area contributed by atoms with Gasteiger partial charge in [-0.25, -0.2) is 0 Å². The maximum Gasteiger partial charge on any atom is 0.144 e. The van der Waals surface area contributed by atoms with Gasteiger partial charge in [0.2, 0.25) is 0 Å². The van der Waals surface area contributed by atoms with Crippen LogP contribution in [0.2, 0.25) is 0 Å². The molecule has 1 aromatic heterocycles. The first-order chi connectivity index (χ1) is 6.91. The largest absolute Gasteiger partial charge is 0.591 e. The van der Waals surface area contributed by atoms with E-state index >= 15 is 0 Å². The molecule has 0 saturated heterocycles. The summed E-state index contributed by atoms with van der Waals surface area (Å²) in [6.45, 7) is 5.65. The fourth-order valence-electron chi connectivity index (χ4n) is 0.749. The second-order valence-electron chi connectivity index (χ2n) is 3.97. The third-order valence-electron chi connectivity index (χ3n) is 1.58. The Kier molecular flexibility index (Phi) is 4.31. The number of rotatable bonds is 2. The van der Waals surface area contributed by atoms with Crippen molar-refractivity contribution < 1.29 is 4.55 Å². The highest BCUT2D eigenvalue weighted by Gasteiger charge is 2.25. The van der Waals surface area contributed by atoms with Crippen molar-refractivity contribution in [3.8, 4) is 0 Å². The van der Waals surface area contributed by atoms with E-state index < -0.39 is 11.4 Å². The molecule has 0 spiro atoms. The summed E-state index contributed by atoms with van der Waals surface area (Å²) in [6.07, 6.45) is 3.21. The highest BCUT2D eigenvalue weighted by Crippen LogP contribution is 2.17. The molecule has 15 heavy (non-hydrogen) atoms. The van der Waals surface area contributed by atoms with Gasteiger partial charge in [-0.1, -0.05) is 4.40 Å². The SMILES string of the molecule is CC(C)(C)[S+]([O-])N=Cc1ncccc1Br. The zero-order valence-electron chi connectivity index (χ0n) is 8.90. The molecule has 0 radical (unpaired) electrons. The van der Waals surface area contributed by atoms with E-state index in [2.05, 4.69) is 25.3 Å². The zero-order valence-corrected chi connectivity index (χ0v) is 11.3. The summed E-state index contributed by atoms with van der Waals surface area (Å²) in [6, 6.07) is 3.69. The Bertz CT molecular complexity index is 363. The molecule has 0 aromatic carbocycles. The van der Waals surface area contributed by atoms with Gasteiger partial charge in [0, 0.05) is 10.7 Å². The lowest BCUT2D eigenvalue weighted by molar-refractivity contribution is 0.562. The Morgan fingerprint density at radius 2 is 2.20 bits per heavy atom. The first kappa shape index (κ1) is 12.7. The van der Waals surface area contributed by atoms with Crippen molar-refractivity contribution in [2.45, 2.75) is 25.5 Å². The maximum absolute atomic E-state index is 11.6. The summed E-state index contributed by atoms with van der Waals surface area (Å²) in [5.41, 5.74) is 0.690. The van der Waals surface area contributed by atoms with Gasteiger partial charge in [-0.3, -0.25) is 4.98 Å². The van der Waals surface area contributed by atoms with E-state index in [0.717, 1.165) is 4.47 Å². The number of halogens is 1. The second kappa shape index (κ2) is 5.09. The first-order valence-electron chi connectivity index (χ1n) is 4.48. The van der Waals surface area contributed by atoms with Gasteiger partial charge in [-0.15, -0.1) is 0 Å². The van der Waals surface area contributed by atoms with Crippen LogP contribution in [0.4, 0.5) is 0 Å². The molecule has 0 aliphatic heterocycles. The molecule has 0 N–H and O–H groups in total. The van der Waals surface area contributed by atoms with Crippen molar-refractivity contribution in [2.75, 3.05) is 0 Å². The topological polar surface area (TPSA) is 48.3 Å². The Labute approximate surface area is 101 Å². The second-order valence-corrected chi connectivity index (χ2v) is 6.75. The van der Waals surface area contributed by atoms with Crippen LogP contribution in [0, 0.1) is 0 Å². The summed E-state index contributed by atoms with van der Waals surface area (Å²) in [7, 11) is 0. The summed E-state index contributed by atoms with van der Waals surface area (Å²) in [4.78, 5) is 4.10. The Balaban J connectivity index is 2.79. The summed E-state index contributed by atoms with van der Waals surface area (Å²) < 4.78 is 16.1. The van der Waals surface area contributed by atoms with Crippen LogP contribution in [0.3, 0.4) is 0 Å². The minimum absolute atomic E-state index is 0.336. The molecule has 82 valence electrons. The highest BCUT2D eigenvalue weighted by atomic mass is 79.9. The lowest BCUT2D eigenvalue weighted by atomic mass is 10.3. The standard InChI is InChI=1S/C10H13BrN2OS/c1-10(2,3)15(14)13-7-9-8(11)5-4-6-12-9/h4-7H,1-3H3. The van der Waals surface area contributed by atoms with Gasteiger partial charge < -0.3 is 4.55 Å². The number of aromatic nitrogens is 1. The van der Waals surface area contributed by atoms with E-state index in [1.54, 1.807) is 6.20 Å². The molecule has 0 fully saturated rings. The van der Waals surface area contributed by atoms with E-state index in [4.69, 9.17) is 0 Å². The number of nitrogens with zero attached hydrogens (tertiary/aromatic N) is 2. The van der Waals surface area contributed by atoms with Crippen molar-refractivity contribution >= 4 is 33.5 Å². The molecular weight excluding hydrogens is 276 g/mol. The molecule has 5 heteroatoms. The normalized spacial score (nSPS) is 14.5. The van der Waals surface area contributed by atoms with Crippen molar-refractivity contribution in [1.82, 2.24) is 4.98 Å². The quantitative estimate of drug-likeness (QED) is 0.621. The van der Waals surface area contributed by atoms with Gasteiger partial charge in [0.25, 0.3) is 0 Å². The van der Waals surface area contributed by atoms with Crippen LogP contribution >= 0.6 is 15.9 Å². The average Bonchev–Trinajstić information content (AvgIpc) is 2.14. The van der Waals surface area contributed by atoms with Crippen LogP contribution in [-0.4, -0.2) is 20.5 Å². The molecule has 1 aromatic rings. The molecule has 0 saturated carbocycles. The minimum atomic E-state index is -1.24. The maximum atomic E-state index is 11.6. The zero-order chi connectivity index (χ0) is 11.5. The summed E-state index contributed by atoms with van der Waals surface area (Å²) in [5.74, 6) is 0. The molecule has 1 unspecified atom stereocenters. The van der Waals surface area contributed by atoms with E-state index in [9.17, 15) is 4.55 Å². The first-order valence-corrected chi connectivity index (χ1v) is 6.38. The smallest absolute Gasteiger partial charge is 0.144 e. The predicted octanol–water partition coefficient (Wildman–Crippen LogP) is 2.73. The highest BCUT2D eigenvalue weighted by molar-refractivity contribution is 9.10. The summed E-state index contributed by atoms with van der Waals surface area (Å²) >= 11 is 2.11. The molecular formula is C10H13BrN2OS. The molecule has 0 bridgehead atoms. The Morgan fingerprint density at radius 3 is 2.73 bits per heavy atom. The molecule has 0 aliphatic rings. The molecule has 1 atom stereocenters. The molecule has 0 aliphatic carbocycles.